The van der Waals surface area contributed by atoms with Gasteiger partial charge in [0.25, 0.3) is 0 Å². The summed E-state index contributed by atoms with van der Waals surface area (Å²) >= 11 is 1.55. The summed E-state index contributed by atoms with van der Waals surface area (Å²) in [6, 6.07) is 0. The lowest BCUT2D eigenvalue weighted by Gasteiger charge is -2.15. The number of ketones is 1. The van der Waals surface area contributed by atoms with Crippen molar-refractivity contribution in [2.45, 2.75) is 33.6 Å². The predicted octanol–water partition coefficient (Wildman–Crippen LogP) is 2.69. The van der Waals surface area contributed by atoms with E-state index in [9.17, 15) is 4.79 Å². The summed E-state index contributed by atoms with van der Waals surface area (Å²) in [5.74, 6) is 0.280. The topological polar surface area (TPSA) is 30.0 Å². The van der Waals surface area contributed by atoms with Crippen LogP contribution < -0.4 is 0 Å². The van der Waals surface area contributed by atoms with E-state index in [0.29, 0.717) is 12.8 Å². The van der Waals surface area contributed by atoms with Crippen molar-refractivity contribution in [1.29, 1.82) is 0 Å². The Labute approximate surface area is 83.0 Å². The van der Waals surface area contributed by atoms with Crippen LogP contribution in [0, 0.1) is 5.41 Å². The molecule has 0 saturated carbocycles. The molecular weight excluding hydrogens is 182 g/mol. The summed E-state index contributed by atoms with van der Waals surface area (Å²) < 4.78 is 0. The second kappa shape index (κ2) is 4.01. The van der Waals surface area contributed by atoms with Crippen molar-refractivity contribution in [1.82, 2.24) is 4.98 Å². The van der Waals surface area contributed by atoms with Gasteiger partial charge in [0.15, 0.2) is 0 Å². The molecule has 72 valence electrons. The lowest BCUT2D eigenvalue weighted by Crippen LogP contribution is -2.14. The van der Waals surface area contributed by atoms with Gasteiger partial charge in [0.1, 0.15) is 5.78 Å². The zero-order chi connectivity index (χ0) is 9.90. The number of nitrogens with zero attached hydrogens (tertiary/aromatic N) is 1. The van der Waals surface area contributed by atoms with E-state index in [4.69, 9.17) is 0 Å². The Bertz CT molecular complexity index is 272. The molecule has 0 aliphatic rings. The molecule has 0 unspecified atom stereocenters. The molecule has 0 N–H and O–H groups in total. The van der Waals surface area contributed by atoms with E-state index in [0.717, 1.165) is 5.01 Å². The van der Waals surface area contributed by atoms with Gasteiger partial charge in [-0.3, -0.25) is 4.79 Å². The van der Waals surface area contributed by atoms with E-state index >= 15 is 0 Å². The summed E-state index contributed by atoms with van der Waals surface area (Å²) in [4.78, 5) is 15.6. The fourth-order valence-corrected chi connectivity index (χ4v) is 1.81. The molecule has 3 heteroatoms. The van der Waals surface area contributed by atoms with E-state index in [-0.39, 0.29) is 11.2 Å². The maximum Gasteiger partial charge on any atom is 0.140 e. The molecule has 0 atom stereocenters. The summed E-state index contributed by atoms with van der Waals surface area (Å²) in [5, 5.41) is 2.83. The molecule has 0 spiro atoms. The van der Waals surface area contributed by atoms with Gasteiger partial charge in [0, 0.05) is 18.0 Å². The minimum atomic E-state index is 0.0916. The summed E-state index contributed by atoms with van der Waals surface area (Å²) in [5.41, 5.74) is 0.0916. The first-order chi connectivity index (χ1) is 5.97. The Kier molecular flexibility index (Phi) is 3.20. The van der Waals surface area contributed by atoms with Crippen molar-refractivity contribution in [2.75, 3.05) is 0 Å². The van der Waals surface area contributed by atoms with Crippen molar-refractivity contribution in [2.24, 2.45) is 5.41 Å². The second-order valence-corrected chi connectivity index (χ2v) is 5.36. The molecule has 1 aromatic heterocycles. The van der Waals surface area contributed by atoms with Gasteiger partial charge in [-0.05, 0) is 5.41 Å². The van der Waals surface area contributed by atoms with E-state index in [1.54, 1.807) is 17.5 Å². The highest BCUT2D eigenvalue weighted by molar-refractivity contribution is 7.09. The van der Waals surface area contributed by atoms with Crippen LogP contribution in [0.3, 0.4) is 0 Å². The van der Waals surface area contributed by atoms with E-state index < -0.39 is 0 Å². The van der Waals surface area contributed by atoms with Gasteiger partial charge in [-0.15, -0.1) is 11.3 Å². The molecule has 0 aromatic carbocycles. The second-order valence-electron chi connectivity index (χ2n) is 4.38. The van der Waals surface area contributed by atoms with Gasteiger partial charge in [0.2, 0.25) is 0 Å². The third-order valence-electron chi connectivity index (χ3n) is 1.56. The van der Waals surface area contributed by atoms with Crippen LogP contribution in [-0.4, -0.2) is 10.8 Å². The lowest BCUT2D eigenvalue weighted by atomic mass is 9.89. The van der Waals surface area contributed by atoms with Crippen LogP contribution in [0.4, 0.5) is 0 Å². The first-order valence-electron chi connectivity index (χ1n) is 4.37. The van der Waals surface area contributed by atoms with Crippen LogP contribution in [0.25, 0.3) is 0 Å². The fraction of sp³-hybridized carbons (Fsp3) is 0.600. The number of Topliss-reactive ketones (excluding diaryl/α,β-unsaturated/α-hetero) is 1. The minimum Gasteiger partial charge on any atom is -0.299 e. The Balaban J connectivity index is 2.43. The standard InChI is InChI=1S/C10H15NOS/c1-10(2,3)7-8(12)6-9-11-4-5-13-9/h4-5H,6-7H2,1-3H3. The first kappa shape index (κ1) is 10.4. The molecule has 1 heterocycles. The third kappa shape index (κ3) is 4.18. The van der Waals surface area contributed by atoms with E-state index in [1.165, 1.54) is 0 Å². The van der Waals surface area contributed by atoms with Gasteiger partial charge in [0.05, 0.1) is 11.4 Å². The monoisotopic (exact) mass is 197 g/mol. The number of thiazole rings is 1. The maximum absolute atomic E-state index is 11.5. The lowest BCUT2D eigenvalue weighted by molar-refractivity contribution is -0.120. The molecule has 1 aromatic rings. The van der Waals surface area contributed by atoms with Gasteiger partial charge in [-0.1, -0.05) is 20.8 Å². The molecule has 2 nitrogen and oxygen atoms in total. The smallest absolute Gasteiger partial charge is 0.140 e. The van der Waals surface area contributed by atoms with Crippen LogP contribution in [0.5, 0.6) is 0 Å². The number of hydrogen-bond acceptors (Lipinski definition) is 3. The van der Waals surface area contributed by atoms with Gasteiger partial charge >= 0.3 is 0 Å². The number of hydrogen-bond donors (Lipinski definition) is 0. The summed E-state index contributed by atoms with van der Waals surface area (Å²) in [6.45, 7) is 6.23. The van der Waals surface area contributed by atoms with Gasteiger partial charge in [-0.2, -0.15) is 0 Å². The maximum atomic E-state index is 11.5. The molecule has 13 heavy (non-hydrogen) atoms. The van der Waals surface area contributed by atoms with Crippen molar-refractivity contribution < 1.29 is 4.79 Å². The molecular formula is C10H15NOS. The molecule has 0 aliphatic heterocycles. The van der Waals surface area contributed by atoms with Crippen LogP contribution in [0.15, 0.2) is 11.6 Å². The molecule has 1 rings (SSSR count). The van der Waals surface area contributed by atoms with Gasteiger partial charge in [-0.25, -0.2) is 4.98 Å². The molecule has 0 saturated heterocycles. The van der Waals surface area contributed by atoms with Crippen LogP contribution in [-0.2, 0) is 11.2 Å². The number of aromatic nitrogens is 1. The molecule has 0 radical (unpaired) electrons. The number of carbonyl (C=O) groups is 1. The average molecular weight is 197 g/mol. The van der Waals surface area contributed by atoms with Crippen molar-refractivity contribution in [3.8, 4) is 0 Å². The molecule has 0 amide bonds. The van der Waals surface area contributed by atoms with Crippen molar-refractivity contribution in [3.05, 3.63) is 16.6 Å². The Morgan fingerprint density at radius 2 is 2.23 bits per heavy atom. The summed E-state index contributed by atoms with van der Waals surface area (Å²) in [6.07, 6.45) is 2.87. The van der Waals surface area contributed by atoms with Crippen LogP contribution in [0.2, 0.25) is 0 Å². The Hall–Kier alpha value is -0.700. The normalized spacial score (nSPS) is 11.6. The first-order valence-corrected chi connectivity index (χ1v) is 5.25. The molecule has 0 fully saturated rings. The Morgan fingerprint density at radius 3 is 2.69 bits per heavy atom. The highest BCUT2D eigenvalue weighted by Crippen LogP contribution is 2.20. The number of carbonyl (C=O) groups excluding carboxylic acids is 1. The molecule has 0 aliphatic carbocycles. The zero-order valence-electron chi connectivity index (χ0n) is 8.33. The zero-order valence-corrected chi connectivity index (χ0v) is 9.15. The predicted molar refractivity (Wildman–Crippen MR) is 54.9 cm³/mol. The SMILES string of the molecule is CC(C)(C)CC(=O)Cc1nccs1. The quantitative estimate of drug-likeness (QED) is 0.745. The third-order valence-corrected chi connectivity index (χ3v) is 2.34. The average Bonchev–Trinajstić information content (AvgIpc) is 2.34. The van der Waals surface area contributed by atoms with E-state index in [1.807, 2.05) is 5.38 Å². The van der Waals surface area contributed by atoms with Crippen molar-refractivity contribution in [3.63, 3.8) is 0 Å². The van der Waals surface area contributed by atoms with Crippen LogP contribution in [0.1, 0.15) is 32.2 Å². The van der Waals surface area contributed by atoms with Crippen LogP contribution >= 0.6 is 11.3 Å². The minimum absolute atomic E-state index is 0.0916. The van der Waals surface area contributed by atoms with Gasteiger partial charge < -0.3 is 0 Å². The number of rotatable bonds is 3. The highest BCUT2D eigenvalue weighted by atomic mass is 32.1. The largest absolute Gasteiger partial charge is 0.299 e. The highest BCUT2D eigenvalue weighted by Gasteiger charge is 2.16. The Morgan fingerprint density at radius 1 is 1.54 bits per heavy atom. The van der Waals surface area contributed by atoms with E-state index in [2.05, 4.69) is 25.8 Å². The van der Waals surface area contributed by atoms with Crippen molar-refractivity contribution >= 4 is 17.1 Å². The fourth-order valence-electron chi connectivity index (χ4n) is 1.16. The molecule has 0 bridgehead atoms. The summed E-state index contributed by atoms with van der Waals surface area (Å²) in [7, 11) is 0.